The number of aromatic nitrogens is 2. The first-order valence-electron chi connectivity index (χ1n) is 8.48. The Morgan fingerprint density at radius 2 is 2.15 bits per heavy atom. The second kappa shape index (κ2) is 6.76. The molecule has 4 rings (SSSR count). The van der Waals surface area contributed by atoms with Gasteiger partial charge in [0.25, 0.3) is 0 Å². The first-order valence-corrected chi connectivity index (χ1v) is 8.48. The highest BCUT2D eigenvalue weighted by atomic mass is 16.5. The van der Waals surface area contributed by atoms with E-state index in [1.165, 1.54) is 0 Å². The van der Waals surface area contributed by atoms with Gasteiger partial charge in [-0.2, -0.15) is 5.10 Å². The third kappa shape index (κ3) is 3.25. The molecule has 134 valence electrons. The maximum absolute atomic E-state index is 12.0. The van der Waals surface area contributed by atoms with Crippen molar-refractivity contribution in [2.24, 2.45) is 0 Å². The van der Waals surface area contributed by atoms with E-state index in [4.69, 9.17) is 9.47 Å². The molecule has 2 saturated heterocycles. The zero-order valence-corrected chi connectivity index (χ0v) is 14.2. The van der Waals surface area contributed by atoms with Gasteiger partial charge in [-0.1, -0.05) is 30.8 Å². The van der Waals surface area contributed by atoms with Gasteiger partial charge in [-0.3, -0.25) is 9.48 Å². The lowest BCUT2D eigenvalue weighted by molar-refractivity contribution is -0.139. The number of amides is 1. The van der Waals surface area contributed by atoms with E-state index in [0.717, 1.165) is 16.7 Å². The van der Waals surface area contributed by atoms with E-state index in [2.05, 4.69) is 17.0 Å². The third-order valence-electron chi connectivity index (χ3n) is 4.53. The van der Waals surface area contributed by atoms with E-state index in [9.17, 15) is 9.59 Å². The van der Waals surface area contributed by atoms with E-state index in [-0.39, 0.29) is 30.6 Å². The lowest BCUT2D eigenvalue weighted by Crippen LogP contribution is -2.49. The molecule has 0 bridgehead atoms. The average Bonchev–Trinajstić information content (AvgIpc) is 3.18. The number of hydrogen-bond donors (Lipinski definition) is 1. The fraction of sp³-hybridized carbons (Fsp3) is 0.316. The van der Waals surface area contributed by atoms with Crippen LogP contribution in [0.5, 0.6) is 0 Å². The Morgan fingerprint density at radius 1 is 1.35 bits per heavy atom. The van der Waals surface area contributed by atoms with Gasteiger partial charge in [0.05, 0.1) is 25.5 Å². The van der Waals surface area contributed by atoms with Crippen molar-refractivity contribution in [3.8, 4) is 11.1 Å². The van der Waals surface area contributed by atoms with E-state index in [1.54, 1.807) is 10.9 Å². The first kappa shape index (κ1) is 16.5. The van der Waals surface area contributed by atoms with Gasteiger partial charge in [-0.05, 0) is 5.56 Å². The van der Waals surface area contributed by atoms with E-state index >= 15 is 0 Å². The highest BCUT2D eigenvalue weighted by Gasteiger charge is 2.30. The molecule has 0 saturated carbocycles. The van der Waals surface area contributed by atoms with Crippen molar-refractivity contribution in [2.45, 2.75) is 25.1 Å². The Hall–Kier alpha value is -2.93. The summed E-state index contributed by atoms with van der Waals surface area (Å²) in [6, 6.07) is 7.82. The van der Waals surface area contributed by atoms with Gasteiger partial charge in [0.2, 0.25) is 5.91 Å². The number of hydrogen-bond acceptors (Lipinski definition) is 5. The van der Waals surface area contributed by atoms with Gasteiger partial charge < -0.3 is 14.8 Å². The second-order valence-corrected chi connectivity index (χ2v) is 6.52. The molecule has 0 spiro atoms. The Balaban J connectivity index is 1.51. The molecule has 7 nitrogen and oxygen atoms in total. The van der Waals surface area contributed by atoms with Crippen LogP contribution in [0.3, 0.4) is 0 Å². The topological polar surface area (TPSA) is 82.5 Å². The Kier molecular flexibility index (Phi) is 4.30. The SMILES string of the molecule is C=C1CC(c2ccccc2-c2cnn(CC(=O)NC3COC3)c2)OC1=O. The summed E-state index contributed by atoms with van der Waals surface area (Å²) in [6.07, 6.45) is 3.68. The molecular weight excluding hydrogens is 334 g/mol. The minimum Gasteiger partial charge on any atom is -0.454 e. The van der Waals surface area contributed by atoms with Crippen molar-refractivity contribution in [2.75, 3.05) is 13.2 Å². The quantitative estimate of drug-likeness (QED) is 0.652. The lowest BCUT2D eigenvalue weighted by atomic mass is 9.96. The molecule has 2 aliphatic rings. The Bertz CT molecular complexity index is 853. The molecule has 1 atom stereocenters. The number of nitrogens with one attached hydrogen (secondary N) is 1. The molecule has 26 heavy (non-hydrogen) atoms. The fourth-order valence-corrected chi connectivity index (χ4v) is 3.10. The zero-order valence-electron chi connectivity index (χ0n) is 14.2. The number of esters is 1. The van der Waals surface area contributed by atoms with Crippen LogP contribution in [0.25, 0.3) is 11.1 Å². The van der Waals surface area contributed by atoms with E-state index in [1.807, 2.05) is 30.5 Å². The number of rotatable bonds is 5. The number of nitrogens with zero attached hydrogens (tertiary/aromatic N) is 2. The molecule has 1 N–H and O–H groups in total. The largest absolute Gasteiger partial charge is 0.454 e. The highest BCUT2D eigenvalue weighted by molar-refractivity contribution is 5.90. The summed E-state index contributed by atoms with van der Waals surface area (Å²) in [7, 11) is 0. The molecule has 2 fully saturated rings. The Labute approximate surface area is 150 Å². The molecule has 7 heteroatoms. The monoisotopic (exact) mass is 353 g/mol. The van der Waals surface area contributed by atoms with Crippen LogP contribution in [0.1, 0.15) is 18.1 Å². The van der Waals surface area contributed by atoms with Gasteiger partial charge in [0, 0.05) is 29.3 Å². The summed E-state index contributed by atoms with van der Waals surface area (Å²) in [6.45, 7) is 5.02. The summed E-state index contributed by atoms with van der Waals surface area (Å²) in [4.78, 5) is 23.7. The molecular formula is C19H19N3O4. The van der Waals surface area contributed by atoms with Gasteiger partial charge in [0.1, 0.15) is 12.6 Å². The van der Waals surface area contributed by atoms with Crippen molar-refractivity contribution in [3.63, 3.8) is 0 Å². The van der Waals surface area contributed by atoms with E-state index < -0.39 is 0 Å². The van der Waals surface area contributed by atoms with Crippen LogP contribution in [-0.4, -0.2) is 40.9 Å². The van der Waals surface area contributed by atoms with Gasteiger partial charge >= 0.3 is 5.97 Å². The van der Waals surface area contributed by atoms with Gasteiger partial charge in [-0.15, -0.1) is 0 Å². The summed E-state index contributed by atoms with van der Waals surface area (Å²) < 4.78 is 12.1. The summed E-state index contributed by atoms with van der Waals surface area (Å²) in [5.41, 5.74) is 3.19. The van der Waals surface area contributed by atoms with Crippen LogP contribution in [0, 0.1) is 0 Å². The van der Waals surface area contributed by atoms with Gasteiger partial charge in [0.15, 0.2) is 0 Å². The summed E-state index contributed by atoms with van der Waals surface area (Å²) in [5.74, 6) is -0.445. The van der Waals surface area contributed by atoms with Crippen molar-refractivity contribution in [3.05, 3.63) is 54.4 Å². The van der Waals surface area contributed by atoms with Crippen LogP contribution in [0.4, 0.5) is 0 Å². The minimum absolute atomic E-state index is 0.0951. The maximum Gasteiger partial charge on any atom is 0.334 e. The normalized spacial score (nSPS) is 19.9. The van der Waals surface area contributed by atoms with Crippen molar-refractivity contribution in [1.82, 2.24) is 15.1 Å². The highest BCUT2D eigenvalue weighted by Crippen LogP contribution is 2.37. The molecule has 1 aromatic heterocycles. The second-order valence-electron chi connectivity index (χ2n) is 6.52. The smallest absolute Gasteiger partial charge is 0.334 e. The van der Waals surface area contributed by atoms with Crippen LogP contribution in [0.15, 0.2) is 48.8 Å². The first-order chi connectivity index (χ1) is 12.6. The van der Waals surface area contributed by atoms with Crippen LogP contribution in [0.2, 0.25) is 0 Å². The van der Waals surface area contributed by atoms with Crippen LogP contribution < -0.4 is 5.32 Å². The maximum atomic E-state index is 12.0. The molecule has 0 aliphatic carbocycles. The standard InChI is InChI=1S/C19H19N3O4/c1-12-6-17(26-19(12)24)16-5-3-2-4-15(16)13-7-20-22(8-13)9-18(23)21-14-10-25-11-14/h2-5,7-8,14,17H,1,6,9-11H2,(H,21,23). The van der Waals surface area contributed by atoms with Crippen molar-refractivity contribution < 1.29 is 19.1 Å². The number of carbonyl (C=O) groups excluding carboxylic acids is 2. The molecule has 1 amide bonds. The summed E-state index contributed by atoms with van der Waals surface area (Å²) >= 11 is 0. The molecule has 1 unspecified atom stereocenters. The Morgan fingerprint density at radius 3 is 2.85 bits per heavy atom. The van der Waals surface area contributed by atoms with Crippen molar-refractivity contribution >= 4 is 11.9 Å². The fourth-order valence-electron chi connectivity index (χ4n) is 3.10. The predicted octanol–water partition coefficient (Wildman–Crippen LogP) is 1.61. The minimum atomic E-state index is -0.350. The molecule has 0 radical (unpaired) electrons. The average molecular weight is 353 g/mol. The van der Waals surface area contributed by atoms with Crippen LogP contribution >= 0.6 is 0 Å². The molecule has 2 aromatic rings. The predicted molar refractivity (Wildman–Crippen MR) is 93.0 cm³/mol. The third-order valence-corrected chi connectivity index (χ3v) is 4.53. The summed E-state index contributed by atoms with van der Waals surface area (Å²) in [5, 5.41) is 7.17. The lowest BCUT2D eigenvalue weighted by Gasteiger charge is -2.26. The van der Waals surface area contributed by atoms with Crippen molar-refractivity contribution in [1.29, 1.82) is 0 Å². The molecule has 1 aromatic carbocycles. The number of cyclic esters (lactones) is 1. The number of carbonyl (C=O) groups is 2. The van der Waals surface area contributed by atoms with Crippen LogP contribution in [-0.2, 0) is 25.6 Å². The van der Waals surface area contributed by atoms with E-state index in [0.29, 0.717) is 25.2 Å². The van der Waals surface area contributed by atoms with Gasteiger partial charge in [-0.25, -0.2) is 4.79 Å². The molecule has 2 aliphatic heterocycles. The molecule has 3 heterocycles. The number of benzene rings is 1. The zero-order chi connectivity index (χ0) is 18.1. The number of ether oxygens (including phenoxy) is 2.